The van der Waals surface area contributed by atoms with Crippen LogP contribution in [0, 0.1) is 5.92 Å². The largest absolute Gasteiger partial charge is 0.390 e. The van der Waals surface area contributed by atoms with Gasteiger partial charge in [0.15, 0.2) is 0 Å². The summed E-state index contributed by atoms with van der Waals surface area (Å²) in [4.78, 5) is 13.1. The third-order valence-corrected chi connectivity index (χ3v) is 4.35. The lowest BCUT2D eigenvalue weighted by Crippen LogP contribution is -2.44. The lowest BCUT2D eigenvalue weighted by molar-refractivity contribution is -0.147. The number of alkyl halides is 3. The first-order chi connectivity index (χ1) is 11.2. The second-order valence-electron chi connectivity index (χ2n) is 6.32. The van der Waals surface area contributed by atoms with E-state index in [-0.39, 0.29) is 24.4 Å². The number of unbranched alkanes of at least 4 members (excludes halogenated alkanes) is 2. The lowest BCUT2D eigenvalue weighted by atomic mass is 9.90. The molecule has 142 valence electrons. The van der Waals surface area contributed by atoms with Crippen molar-refractivity contribution in [1.29, 1.82) is 0 Å². The van der Waals surface area contributed by atoms with Gasteiger partial charge in [0.05, 0.1) is 6.42 Å². The van der Waals surface area contributed by atoms with Gasteiger partial charge < -0.3 is 10.6 Å². The van der Waals surface area contributed by atoms with Crippen LogP contribution in [0.4, 0.5) is 13.2 Å². The zero-order chi connectivity index (χ0) is 18.6. The fraction of sp³-hybridized carbons (Fsp3) is 0.833. The minimum absolute atomic E-state index is 0.141. The third-order valence-electron chi connectivity index (χ3n) is 4.35. The van der Waals surface area contributed by atoms with E-state index in [9.17, 15) is 18.0 Å². The average Bonchev–Trinajstić information content (AvgIpc) is 2.48. The molecule has 1 amide bonds. The summed E-state index contributed by atoms with van der Waals surface area (Å²) in [6, 6.07) is -0.223. The molecule has 0 aliphatic carbocycles. The summed E-state index contributed by atoms with van der Waals surface area (Å²) in [6.07, 6.45) is 4.77. The summed E-state index contributed by atoms with van der Waals surface area (Å²) in [7, 11) is 0. The first-order valence-corrected chi connectivity index (χ1v) is 8.92. The second kappa shape index (κ2) is 12.3. The van der Waals surface area contributed by atoms with Crippen molar-refractivity contribution in [2.75, 3.05) is 13.1 Å². The SMILES string of the molecule is CC/C=C\CCCC[C@@H](CCN)[C@@H](C)N(CCC(F)(F)F)C(C)=O. The Kier molecular flexibility index (Phi) is 11.8. The first-order valence-electron chi connectivity index (χ1n) is 8.92. The van der Waals surface area contributed by atoms with E-state index in [4.69, 9.17) is 5.73 Å². The maximum Gasteiger partial charge on any atom is 0.390 e. The van der Waals surface area contributed by atoms with E-state index in [0.717, 1.165) is 38.5 Å². The number of amides is 1. The molecule has 0 aliphatic heterocycles. The van der Waals surface area contributed by atoms with E-state index in [1.54, 1.807) is 0 Å². The molecule has 0 heterocycles. The summed E-state index contributed by atoms with van der Waals surface area (Å²) in [5, 5.41) is 0. The zero-order valence-electron chi connectivity index (χ0n) is 15.2. The van der Waals surface area contributed by atoms with Crippen LogP contribution in [-0.4, -0.2) is 36.1 Å². The summed E-state index contributed by atoms with van der Waals surface area (Å²) < 4.78 is 37.4. The molecular formula is C18H33F3N2O. The number of carbonyl (C=O) groups is 1. The number of carbonyl (C=O) groups excluding carboxylic acids is 1. The molecule has 0 rings (SSSR count). The number of allylic oxidation sites excluding steroid dienone is 2. The number of nitrogens with two attached hydrogens (primary N) is 1. The van der Waals surface area contributed by atoms with Gasteiger partial charge in [-0.25, -0.2) is 0 Å². The average molecular weight is 350 g/mol. The van der Waals surface area contributed by atoms with E-state index >= 15 is 0 Å². The Balaban J connectivity index is 4.60. The van der Waals surface area contributed by atoms with Crippen LogP contribution >= 0.6 is 0 Å². The quantitative estimate of drug-likeness (QED) is 0.411. The Morgan fingerprint density at radius 3 is 2.38 bits per heavy atom. The van der Waals surface area contributed by atoms with Gasteiger partial charge in [-0.2, -0.15) is 13.2 Å². The number of hydrogen-bond acceptors (Lipinski definition) is 2. The monoisotopic (exact) mass is 350 g/mol. The van der Waals surface area contributed by atoms with Crippen molar-refractivity contribution in [3.63, 3.8) is 0 Å². The van der Waals surface area contributed by atoms with E-state index in [1.165, 1.54) is 11.8 Å². The molecular weight excluding hydrogens is 317 g/mol. The zero-order valence-corrected chi connectivity index (χ0v) is 15.2. The van der Waals surface area contributed by atoms with Crippen LogP contribution in [0.5, 0.6) is 0 Å². The third kappa shape index (κ3) is 10.7. The number of rotatable bonds is 12. The molecule has 2 atom stereocenters. The molecule has 0 unspecified atom stereocenters. The van der Waals surface area contributed by atoms with Gasteiger partial charge in [0.25, 0.3) is 0 Å². The van der Waals surface area contributed by atoms with Gasteiger partial charge in [-0.3, -0.25) is 4.79 Å². The second-order valence-corrected chi connectivity index (χ2v) is 6.32. The summed E-state index contributed by atoms with van der Waals surface area (Å²) in [6.45, 7) is 5.47. The number of nitrogens with zero attached hydrogens (tertiary/aromatic N) is 1. The van der Waals surface area contributed by atoms with Crippen LogP contribution in [0.15, 0.2) is 12.2 Å². The molecule has 0 aromatic carbocycles. The van der Waals surface area contributed by atoms with Crippen molar-refractivity contribution in [2.45, 2.75) is 77.9 Å². The summed E-state index contributed by atoms with van der Waals surface area (Å²) in [5.41, 5.74) is 5.66. The highest BCUT2D eigenvalue weighted by Crippen LogP contribution is 2.25. The number of halogens is 3. The van der Waals surface area contributed by atoms with Crippen molar-refractivity contribution in [3.05, 3.63) is 12.2 Å². The van der Waals surface area contributed by atoms with Gasteiger partial charge in [0.2, 0.25) is 5.91 Å². The molecule has 0 saturated carbocycles. The molecule has 6 heteroatoms. The molecule has 24 heavy (non-hydrogen) atoms. The van der Waals surface area contributed by atoms with E-state index in [2.05, 4.69) is 19.1 Å². The topological polar surface area (TPSA) is 46.3 Å². The normalized spacial score (nSPS) is 14.8. The van der Waals surface area contributed by atoms with Crippen LogP contribution in [0.25, 0.3) is 0 Å². The fourth-order valence-corrected chi connectivity index (χ4v) is 2.94. The predicted octanol–water partition coefficient (Wildman–Crippen LogP) is 4.67. The van der Waals surface area contributed by atoms with Gasteiger partial charge in [0, 0.05) is 19.5 Å². The molecule has 0 fully saturated rings. The van der Waals surface area contributed by atoms with Crippen molar-refractivity contribution >= 4 is 5.91 Å². The van der Waals surface area contributed by atoms with Crippen molar-refractivity contribution in [1.82, 2.24) is 4.90 Å². The standard InChI is InChI=1S/C18H33F3N2O/c1-4-5-6-7-8-9-10-17(11-13-22)15(2)23(16(3)24)14-12-18(19,20)21/h5-6,15,17H,4,7-14,22H2,1-3H3/b6-5-/t15-,17+/m1/s1. The molecule has 0 aromatic rings. The summed E-state index contributed by atoms with van der Waals surface area (Å²) in [5.74, 6) is -0.165. The molecule has 0 bridgehead atoms. The van der Waals surface area contributed by atoms with Crippen LogP contribution < -0.4 is 5.73 Å². The maximum absolute atomic E-state index is 12.5. The van der Waals surface area contributed by atoms with Crippen molar-refractivity contribution in [2.24, 2.45) is 11.7 Å². The fourth-order valence-electron chi connectivity index (χ4n) is 2.94. The molecule has 3 nitrogen and oxygen atoms in total. The number of hydrogen-bond donors (Lipinski definition) is 1. The molecule has 2 N–H and O–H groups in total. The Bertz CT molecular complexity index is 370. The molecule has 0 aromatic heterocycles. The van der Waals surface area contributed by atoms with E-state index < -0.39 is 12.6 Å². The van der Waals surface area contributed by atoms with Crippen LogP contribution in [0.2, 0.25) is 0 Å². The Labute approximate surface area is 144 Å². The molecule has 0 radical (unpaired) electrons. The van der Waals surface area contributed by atoms with Crippen molar-refractivity contribution < 1.29 is 18.0 Å². The predicted molar refractivity (Wildman–Crippen MR) is 92.6 cm³/mol. The highest BCUT2D eigenvalue weighted by Gasteiger charge is 2.31. The Hall–Kier alpha value is -1.04. The molecule has 0 aliphatic rings. The van der Waals surface area contributed by atoms with Crippen LogP contribution in [0.1, 0.15) is 65.7 Å². The molecule has 0 saturated heterocycles. The Morgan fingerprint density at radius 1 is 1.21 bits per heavy atom. The lowest BCUT2D eigenvalue weighted by Gasteiger charge is -2.34. The van der Waals surface area contributed by atoms with Gasteiger partial charge in [-0.05, 0) is 51.5 Å². The maximum atomic E-state index is 12.5. The Morgan fingerprint density at radius 2 is 1.88 bits per heavy atom. The van der Waals surface area contributed by atoms with Gasteiger partial charge in [0.1, 0.15) is 0 Å². The van der Waals surface area contributed by atoms with Crippen molar-refractivity contribution in [3.8, 4) is 0 Å². The van der Waals surface area contributed by atoms with Gasteiger partial charge in [-0.1, -0.05) is 25.5 Å². The highest BCUT2D eigenvalue weighted by molar-refractivity contribution is 5.73. The summed E-state index contributed by atoms with van der Waals surface area (Å²) >= 11 is 0. The minimum Gasteiger partial charge on any atom is -0.340 e. The van der Waals surface area contributed by atoms with Gasteiger partial charge in [-0.15, -0.1) is 0 Å². The van der Waals surface area contributed by atoms with Crippen LogP contribution in [-0.2, 0) is 4.79 Å². The molecule has 0 spiro atoms. The first kappa shape index (κ1) is 23.0. The minimum atomic E-state index is -4.25. The highest BCUT2D eigenvalue weighted by atomic mass is 19.4. The van der Waals surface area contributed by atoms with E-state index in [1.807, 2.05) is 6.92 Å². The van der Waals surface area contributed by atoms with Gasteiger partial charge >= 0.3 is 6.18 Å². The van der Waals surface area contributed by atoms with Crippen LogP contribution in [0.3, 0.4) is 0 Å². The van der Waals surface area contributed by atoms with E-state index in [0.29, 0.717) is 6.54 Å². The smallest absolute Gasteiger partial charge is 0.340 e.